The molecule has 5 rings (SSSR count). The highest BCUT2D eigenvalue weighted by atomic mass is 32.2. The summed E-state index contributed by atoms with van der Waals surface area (Å²) in [5.74, 6) is 3.14. The molecule has 168 valence electrons. The molecule has 7 nitrogen and oxygen atoms in total. The predicted molar refractivity (Wildman–Crippen MR) is 125 cm³/mol. The minimum atomic E-state index is -0.0930. The summed E-state index contributed by atoms with van der Waals surface area (Å²) in [4.78, 5) is 14.0. The second-order valence-corrected chi connectivity index (χ2v) is 10.6. The minimum Gasteiger partial charge on any atom is -0.485 e. The smallest absolute Gasteiger partial charge is 0.324 e. The van der Waals surface area contributed by atoms with Gasteiger partial charge in [-0.3, -0.25) is 0 Å². The zero-order chi connectivity index (χ0) is 21.4. The minimum absolute atomic E-state index is 0.0930. The molecule has 2 fully saturated rings. The summed E-state index contributed by atoms with van der Waals surface area (Å²) in [5, 5.41) is 4.91. The molecule has 2 aromatic heterocycles. The lowest BCUT2D eigenvalue weighted by atomic mass is 9.83. The van der Waals surface area contributed by atoms with E-state index in [1.165, 1.54) is 18.4 Å². The number of pyridine rings is 1. The molecule has 8 heteroatoms. The first-order valence-electron chi connectivity index (χ1n) is 11.6. The maximum absolute atomic E-state index is 6.59. The normalized spacial score (nSPS) is 21.4. The highest BCUT2D eigenvalue weighted by Gasteiger charge is 2.40. The summed E-state index contributed by atoms with van der Waals surface area (Å²) in [6, 6.07) is 2.91. The first-order chi connectivity index (χ1) is 15.0. The molecule has 0 saturated carbocycles. The van der Waals surface area contributed by atoms with E-state index in [2.05, 4.69) is 46.1 Å². The van der Waals surface area contributed by atoms with Gasteiger partial charge < -0.3 is 19.1 Å². The number of hydrogen-bond donors (Lipinski definition) is 0. The van der Waals surface area contributed by atoms with Gasteiger partial charge in [0, 0.05) is 50.2 Å². The van der Waals surface area contributed by atoms with Gasteiger partial charge in [-0.05, 0) is 43.6 Å². The van der Waals surface area contributed by atoms with Crippen LogP contribution in [0, 0.1) is 0 Å². The number of ether oxygens (including phenoxy) is 1. The van der Waals surface area contributed by atoms with E-state index in [9.17, 15) is 0 Å². The molecule has 0 aromatic carbocycles. The van der Waals surface area contributed by atoms with E-state index in [-0.39, 0.29) is 11.5 Å². The van der Waals surface area contributed by atoms with Crippen molar-refractivity contribution < 1.29 is 9.26 Å². The van der Waals surface area contributed by atoms with Gasteiger partial charge in [-0.25, -0.2) is 4.98 Å². The number of anilines is 2. The zero-order valence-electron chi connectivity index (χ0n) is 18.8. The van der Waals surface area contributed by atoms with Gasteiger partial charge in [0.05, 0.1) is 6.20 Å². The standard InChI is InChI=1S/C23H33N5O2S/c1-16(2)21-25-22(30-26-21)28-12-8-23(9-13-28)7-4-17-14-20(24-15-19(17)29-23)27-10-5-18(31-3)6-11-27/h14-16,18H,4-13H2,1-3H3. The zero-order valence-corrected chi connectivity index (χ0v) is 19.7. The van der Waals surface area contributed by atoms with Crippen LogP contribution in [0.5, 0.6) is 5.75 Å². The Morgan fingerprint density at radius 1 is 1.10 bits per heavy atom. The summed E-state index contributed by atoms with van der Waals surface area (Å²) in [7, 11) is 0. The topological polar surface area (TPSA) is 67.5 Å². The number of hydrogen-bond acceptors (Lipinski definition) is 8. The average Bonchev–Trinajstić information content (AvgIpc) is 3.30. The van der Waals surface area contributed by atoms with Crippen LogP contribution in [0.4, 0.5) is 11.8 Å². The molecule has 0 bridgehead atoms. The summed E-state index contributed by atoms with van der Waals surface area (Å²) in [5.41, 5.74) is 1.22. The fourth-order valence-corrected chi connectivity index (χ4v) is 5.63. The van der Waals surface area contributed by atoms with Crippen molar-refractivity contribution in [1.82, 2.24) is 15.1 Å². The summed E-state index contributed by atoms with van der Waals surface area (Å²) in [6.45, 7) is 8.13. The summed E-state index contributed by atoms with van der Waals surface area (Å²) in [6.07, 6.45) is 10.7. The SMILES string of the molecule is CSC1CCN(c2cc3c(cn2)OC2(CC3)CCN(c3nc(C(C)C)no3)CC2)CC1. The van der Waals surface area contributed by atoms with Crippen molar-refractivity contribution in [1.29, 1.82) is 0 Å². The number of thioether (sulfide) groups is 1. The third-order valence-electron chi connectivity index (χ3n) is 7.10. The number of nitrogens with zero attached hydrogens (tertiary/aromatic N) is 5. The number of aryl methyl sites for hydroxylation is 1. The summed E-state index contributed by atoms with van der Waals surface area (Å²) >= 11 is 2.00. The van der Waals surface area contributed by atoms with Crippen molar-refractivity contribution in [2.45, 2.75) is 69.1 Å². The Hall–Kier alpha value is -1.96. The van der Waals surface area contributed by atoms with Gasteiger partial charge in [0.15, 0.2) is 5.82 Å². The molecule has 0 unspecified atom stereocenters. The van der Waals surface area contributed by atoms with Gasteiger partial charge in [0.25, 0.3) is 0 Å². The molecule has 0 aliphatic carbocycles. The number of rotatable bonds is 4. The molecule has 0 amide bonds. The highest BCUT2D eigenvalue weighted by Crippen LogP contribution is 2.41. The van der Waals surface area contributed by atoms with E-state index < -0.39 is 0 Å². The molecule has 5 heterocycles. The van der Waals surface area contributed by atoms with Crippen LogP contribution in [0.2, 0.25) is 0 Å². The third-order valence-corrected chi connectivity index (χ3v) is 8.24. The first kappa shape index (κ1) is 20.9. The molecule has 0 N–H and O–H groups in total. The van der Waals surface area contributed by atoms with E-state index in [0.29, 0.717) is 6.01 Å². The van der Waals surface area contributed by atoms with Gasteiger partial charge in [-0.15, -0.1) is 0 Å². The van der Waals surface area contributed by atoms with Gasteiger partial charge in [0.1, 0.15) is 17.2 Å². The van der Waals surface area contributed by atoms with Crippen molar-refractivity contribution in [2.75, 3.05) is 42.2 Å². The van der Waals surface area contributed by atoms with E-state index >= 15 is 0 Å². The lowest BCUT2D eigenvalue weighted by molar-refractivity contribution is 0.0213. The molecular weight excluding hydrogens is 410 g/mol. The van der Waals surface area contributed by atoms with E-state index in [1.54, 1.807) is 0 Å². The Kier molecular flexibility index (Phi) is 5.75. The molecule has 1 spiro atoms. The van der Waals surface area contributed by atoms with Crippen molar-refractivity contribution in [2.24, 2.45) is 0 Å². The van der Waals surface area contributed by atoms with Crippen molar-refractivity contribution >= 4 is 23.6 Å². The second-order valence-electron chi connectivity index (χ2n) is 9.43. The number of fused-ring (bicyclic) bond motifs is 1. The Bertz CT molecular complexity index is 901. The third kappa shape index (κ3) is 4.23. The van der Waals surface area contributed by atoms with Gasteiger partial charge in [0.2, 0.25) is 0 Å². The summed E-state index contributed by atoms with van der Waals surface area (Å²) < 4.78 is 12.1. The molecule has 3 aliphatic rings. The van der Waals surface area contributed by atoms with Crippen LogP contribution >= 0.6 is 11.8 Å². The number of aromatic nitrogens is 3. The van der Waals surface area contributed by atoms with E-state index in [1.807, 2.05) is 18.0 Å². The van der Waals surface area contributed by atoms with Crippen LogP contribution in [0.15, 0.2) is 16.8 Å². The first-order valence-corrected chi connectivity index (χ1v) is 12.9. The Labute approximate surface area is 188 Å². The highest BCUT2D eigenvalue weighted by molar-refractivity contribution is 7.99. The predicted octanol–water partition coefficient (Wildman–Crippen LogP) is 4.28. The fourth-order valence-electron chi connectivity index (χ4n) is 4.95. The molecule has 2 saturated heterocycles. The van der Waals surface area contributed by atoms with E-state index in [4.69, 9.17) is 14.2 Å². The van der Waals surface area contributed by atoms with Crippen LogP contribution in [0.1, 0.15) is 63.3 Å². The lowest BCUT2D eigenvalue weighted by Crippen LogP contribution is -2.50. The maximum atomic E-state index is 6.59. The monoisotopic (exact) mass is 443 g/mol. The molecule has 0 atom stereocenters. The Balaban J connectivity index is 1.22. The van der Waals surface area contributed by atoms with Crippen LogP contribution in [-0.2, 0) is 6.42 Å². The molecular formula is C23H33N5O2S. The molecule has 0 radical (unpaired) electrons. The lowest BCUT2D eigenvalue weighted by Gasteiger charge is -2.44. The molecule has 31 heavy (non-hydrogen) atoms. The van der Waals surface area contributed by atoms with Crippen molar-refractivity contribution in [3.63, 3.8) is 0 Å². The largest absolute Gasteiger partial charge is 0.485 e. The van der Waals surface area contributed by atoms with E-state index in [0.717, 1.165) is 74.5 Å². The van der Waals surface area contributed by atoms with Crippen LogP contribution in [-0.4, -0.2) is 58.4 Å². The van der Waals surface area contributed by atoms with Crippen LogP contribution < -0.4 is 14.5 Å². The number of piperidine rings is 2. The fraction of sp³-hybridized carbons (Fsp3) is 0.696. The van der Waals surface area contributed by atoms with Crippen LogP contribution in [0.25, 0.3) is 0 Å². The Morgan fingerprint density at radius 3 is 2.55 bits per heavy atom. The molecule has 2 aromatic rings. The second kappa shape index (κ2) is 8.52. The van der Waals surface area contributed by atoms with Gasteiger partial charge in [-0.1, -0.05) is 19.0 Å². The van der Waals surface area contributed by atoms with Gasteiger partial charge >= 0.3 is 6.01 Å². The van der Waals surface area contributed by atoms with Gasteiger partial charge in [-0.2, -0.15) is 16.7 Å². The van der Waals surface area contributed by atoms with Crippen LogP contribution in [0.3, 0.4) is 0 Å². The van der Waals surface area contributed by atoms with Crippen molar-refractivity contribution in [3.05, 3.63) is 23.7 Å². The Morgan fingerprint density at radius 2 is 1.87 bits per heavy atom. The quantitative estimate of drug-likeness (QED) is 0.693. The molecule has 3 aliphatic heterocycles. The average molecular weight is 444 g/mol. The maximum Gasteiger partial charge on any atom is 0.324 e. The van der Waals surface area contributed by atoms with Crippen molar-refractivity contribution in [3.8, 4) is 5.75 Å².